The molecule has 0 amide bonds. The molecule has 4 nitrogen and oxygen atoms in total. The second-order valence-corrected chi connectivity index (χ2v) is 13.0. The molecule has 0 bridgehead atoms. The summed E-state index contributed by atoms with van der Waals surface area (Å²) in [7, 11) is -3.17. The summed E-state index contributed by atoms with van der Waals surface area (Å²) in [6, 6.07) is 36.2. The predicted molar refractivity (Wildman–Crippen MR) is 158 cm³/mol. The number of nitrogens with zero attached hydrogens (tertiary/aromatic N) is 2. The maximum atomic E-state index is 15.8. The van der Waals surface area contributed by atoms with Gasteiger partial charge in [0.2, 0.25) is 0 Å². The van der Waals surface area contributed by atoms with Gasteiger partial charge in [0.05, 0.1) is 10.9 Å². The molecule has 0 spiro atoms. The van der Waals surface area contributed by atoms with E-state index in [1.807, 2.05) is 77.4 Å². The van der Waals surface area contributed by atoms with Gasteiger partial charge >= 0.3 is 0 Å². The molecule has 7 rings (SSSR count). The summed E-state index contributed by atoms with van der Waals surface area (Å²) in [5, 5.41) is 6.60. The Balaban J connectivity index is 1.48. The van der Waals surface area contributed by atoms with Gasteiger partial charge in [-0.05, 0) is 46.5 Å². The molecule has 5 aromatic carbocycles. The molecule has 1 atom stereocenters. The highest BCUT2D eigenvalue weighted by Crippen LogP contribution is 2.51. The van der Waals surface area contributed by atoms with Crippen molar-refractivity contribution in [1.29, 1.82) is 0 Å². The lowest BCUT2D eigenvalue weighted by atomic mass is 10.00. The number of fused-ring (bicyclic) bond motifs is 4. The Hall–Kier alpha value is -4.01. The quantitative estimate of drug-likeness (QED) is 0.249. The SMILES string of the molecule is O=c1c2ccccc2nc2n1CCCC2CP(=O)(c1cccc2ccccc12)c1cccc2ccccc12. The second kappa shape index (κ2) is 9.08. The molecule has 1 aliphatic heterocycles. The average molecular weight is 515 g/mol. The van der Waals surface area contributed by atoms with Crippen LogP contribution in [0.3, 0.4) is 0 Å². The van der Waals surface area contributed by atoms with Crippen molar-refractivity contribution >= 4 is 50.2 Å². The van der Waals surface area contributed by atoms with Crippen LogP contribution < -0.4 is 16.2 Å². The van der Waals surface area contributed by atoms with Gasteiger partial charge in [0, 0.05) is 29.2 Å². The molecular weight excluding hydrogens is 487 g/mol. The first-order valence-corrected chi connectivity index (χ1v) is 15.1. The summed E-state index contributed by atoms with van der Waals surface area (Å²) in [6.07, 6.45) is 2.15. The highest BCUT2D eigenvalue weighted by Gasteiger charge is 2.36. The van der Waals surface area contributed by atoms with E-state index in [0.29, 0.717) is 23.6 Å². The first-order valence-electron chi connectivity index (χ1n) is 13.2. The van der Waals surface area contributed by atoms with Crippen molar-refractivity contribution in [2.45, 2.75) is 25.3 Å². The summed E-state index contributed by atoms with van der Waals surface area (Å²) in [4.78, 5) is 18.4. The fourth-order valence-corrected chi connectivity index (χ4v) is 9.65. The first-order chi connectivity index (χ1) is 18.6. The van der Waals surface area contributed by atoms with E-state index in [2.05, 4.69) is 36.4 Å². The number of hydrogen-bond donors (Lipinski definition) is 0. The summed E-state index contributed by atoms with van der Waals surface area (Å²) in [5.41, 5.74) is 0.709. The van der Waals surface area contributed by atoms with Gasteiger partial charge in [0.1, 0.15) is 13.0 Å². The van der Waals surface area contributed by atoms with Crippen molar-refractivity contribution in [3.05, 3.63) is 125 Å². The lowest BCUT2D eigenvalue weighted by molar-refractivity contribution is 0.446. The van der Waals surface area contributed by atoms with E-state index >= 15 is 4.57 Å². The minimum Gasteiger partial charge on any atom is -0.314 e. The van der Waals surface area contributed by atoms with Crippen molar-refractivity contribution in [3.8, 4) is 0 Å². The molecule has 1 unspecified atom stereocenters. The van der Waals surface area contributed by atoms with Gasteiger partial charge in [0.25, 0.3) is 5.56 Å². The maximum absolute atomic E-state index is 15.8. The minimum absolute atomic E-state index is 0.000420. The molecule has 2 heterocycles. The smallest absolute Gasteiger partial charge is 0.261 e. The summed E-state index contributed by atoms with van der Waals surface area (Å²) < 4.78 is 17.6. The van der Waals surface area contributed by atoms with Crippen LogP contribution in [-0.4, -0.2) is 15.7 Å². The molecule has 186 valence electrons. The van der Waals surface area contributed by atoms with Gasteiger partial charge in [-0.15, -0.1) is 0 Å². The zero-order chi connectivity index (χ0) is 25.7. The largest absolute Gasteiger partial charge is 0.314 e. The Morgan fingerprint density at radius 1 is 0.711 bits per heavy atom. The normalized spacial score (nSPS) is 15.6. The van der Waals surface area contributed by atoms with E-state index in [-0.39, 0.29) is 11.5 Å². The Labute approximate surface area is 221 Å². The zero-order valence-corrected chi connectivity index (χ0v) is 21.9. The molecule has 1 aliphatic rings. The highest BCUT2D eigenvalue weighted by atomic mass is 31.2. The lowest BCUT2D eigenvalue weighted by Gasteiger charge is -2.31. The fraction of sp³-hybridized carbons (Fsp3) is 0.152. The standard InChI is InChI=1S/C33H27N2O2P/c36-33-28-17-5-6-18-29(28)34-32-25(14-9-21-35(32)33)22-38(37,30-19-7-12-23-10-1-3-15-26(23)30)31-20-8-13-24-11-2-4-16-27(24)31/h1-8,10-13,15-20,25H,9,14,21-22H2. The molecule has 0 saturated carbocycles. The Morgan fingerprint density at radius 2 is 1.26 bits per heavy atom. The molecule has 0 saturated heterocycles. The Bertz CT molecular complexity index is 1870. The van der Waals surface area contributed by atoms with E-state index in [0.717, 1.165) is 50.8 Å². The van der Waals surface area contributed by atoms with Crippen molar-refractivity contribution in [2.75, 3.05) is 6.16 Å². The molecule has 0 radical (unpaired) electrons. The molecule has 6 aromatic rings. The van der Waals surface area contributed by atoms with Crippen LogP contribution >= 0.6 is 7.14 Å². The van der Waals surface area contributed by atoms with Gasteiger partial charge in [0.15, 0.2) is 0 Å². The van der Waals surface area contributed by atoms with E-state index in [9.17, 15) is 4.79 Å². The van der Waals surface area contributed by atoms with E-state index in [4.69, 9.17) is 4.98 Å². The molecular formula is C33H27N2O2P. The first kappa shape index (κ1) is 23.1. The summed E-state index contributed by atoms with van der Waals surface area (Å²) in [5.74, 6) is 0.672. The topological polar surface area (TPSA) is 52.0 Å². The van der Waals surface area contributed by atoms with E-state index < -0.39 is 7.14 Å². The van der Waals surface area contributed by atoms with Gasteiger partial charge < -0.3 is 4.57 Å². The van der Waals surface area contributed by atoms with Gasteiger partial charge in [-0.2, -0.15) is 0 Å². The Kier molecular flexibility index (Phi) is 5.52. The maximum Gasteiger partial charge on any atom is 0.261 e. The summed E-state index contributed by atoms with van der Waals surface area (Å²) in [6.45, 7) is 0.648. The number of rotatable bonds is 4. The number of aromatic nitrogens is 2. The third kappa shape index (κ3) is 3.63. The molecule has 0 fully saturated rings. The van der Waals surface area contributed by atoms with Crippen LogP contribution in [0.1, 0.15) is 24.6 Å². The molecule has 5 heteroatoms. The number of benzene rings is 5. The van der Waals surface area contributed by atoms with Crippen LogP contribution in [-0.2, 0) is 11.1 Å². The van der Waals surface area contributed by atoms with Gasteiger partial charge in [-0.1, -0.05) is 97.1 Å². The van der Waals surface area contributed by atoms with E-state index in [1.54, 1.807) is 0 Å². The van der Waals surface area contributed by atoms with Crippen LogP contribution in [0, 0.1) is 0 Å². The van der Waals surface area contributed by atoms with Gasteiger partial charge in [-0.25, -0.2) is 4.98 Å². The highest BCUT2D eigenvalue weighted by molar-refractivity contribution is 7.79. The Morgan fingerprint density at radius 3 is 1.92 bits per heavy atom. The molecule has 0 N–H and O–H groups in total. The molecule has 1 aromatic heterocycles. The van der Waals surface area contributed by atoms with Crippen molar-refractivity contribution in [1.82, 2.24) is 9.55 Å². The van der Waals surface area contributed by atoms with Crippen LogP contribution in [0.2, 0.25) is 0 Å². The number of hydrogen-bond acceptors (Lipinski definition) is 3. The van der Waals surface area contributed by atoms with Gasteiger partial charge in [-0.3, -0.25) is 9.36 Å². The van der Waals surface area contributed by atoms with Crippen molar-refractivity contribution in [2.24, 2.45) is 0 Å². The number of para-hydroxylation sites is 1. The predicted octanol–water partition coefficient (Wildman–Crippen LogP) is 6.59. The van der Waals surface area contributed by atoms with Crippen LogP contribution in [0.15, 0.2) is 114 Å². The third-order valence-corrected chi connectivity index (χ3v) is 11.3. The minimum atomic E-state index is -3.17. The van der Waals surface area contributed by atoms with Crippen LogP contribution in [0.5, 0.6) is 0 Å². The fourth-order valence-electron chi connectivity index (χ4n) is 6.19. The summed E-state index contributed by atoms with van der Waals surface area (Å²) >= 11 is 0. The zero-order valence-electron chi connectivity index (χ0n) is 21.0. The molecule has 0 aliphatic carbocycles. The average Bonchev–Trinajstić information content (AvgIpc) is 2.97. The van der Waals surface area contributed by atoms with E-state index in [1.165, 1.54) is 0 Å². The lowest BCUT2D eigenvalue weighted by Crippen LogP contribution is -2.33. The van der Waals surface area contributed by atoms with Crippen LogP contribution in [0.25, 0.3) is 32.4 Å². The van der Waals surface area contributed by atoms with Crippen molar-refractivity contribution in [3.63, 3.8) is 0 Å². The van der Waals surface area contributed by atoms with Crippen molar-refractivity contribution < 1.29 is 4.57 Å². The monoisotopic (exact) mass is 514 g/mol. The third-order valence-electron chi connectivity index (χ3n) is 7.98. The van der Waals surface area contributed by atoms with Crippen LogP contribution in [0.4, 0.5) is 0 Å². The second-order valence-electron chi connectivity index (χ2n) is 10.2. The molecule has 38 heavy (non-hydrogen) atoms.